The van der Waals surface area contributed by atoms with Crippen molar-refractivity contribution in [1.29, 1.82) is 0 Å². The largest absolute Gasteiger partial charge is 0.493 e. The van der Waals surface area contributed by atoms with Gasteiger partial charge in [-0.3, -0.25) is 4.79 Å². The summed E-state index contributed by atoms with van der Waals surface area (Å²) in [4.78, 5) is 13.4. The van der Waals surface area contributed by atoms with E-state index in [4.69, 9.17) is 32.8 Å². The van der Waals surface area contributed by atoms with E-state index in [-0.39, 0.29) is 34.0 Å². The predicted octanol–water partition coefficient (Wildman–Crippen LogP) is 0.673. The van der Waals surface area contributed by atoms with Crippen molar-refractivity contribution in [2.24, 2.45) is 0 Å². The van der Waals surface area contributed by atoms with E-state index in [0.29, 0.717) is 17.1 Å². The molecule has 0 saturated carbocycles. The maximum absolute atomic E-state index is 13.4. The number of benzene rings is 2. The van der Waals surface area contributed by atoms with E-state index in [1.165, 1.54) is 40.6 Å². The van der Waals surface area contributed by atoms with Gasteiger partial charge in [-0.2, -0.15) is 0 Å². The third-order valence-electron chi connectivity index (χ3n) is 6.07. The molecule has 1 saturated heterocycles. The van der Waals surface area contributed by atoms with Crippen LogP contribution in [0, 0.1) is 0 Å². The van der Waals surface area contributed by atoms with Crippen molar-refractivity contribution in [2.75, 3.05) is 35.0 Å². The Hall–Kier alpha value is -3.55. The number of fused-ring (bicyclic) bond motifs is 1. The average molecular weight is 520 g/mol. The van der Waals surface area contributed by atoms with Crippen molar-refractivity contribution in [2.45, 2.75) is 30.7 Å². The summed E-state index contributed by atoms with van der Waals surface area (Å²) in [6.07, 6.45) is -7.71. The molecule has 1 aromatic heterocycles. The van der Waals surface area contributed by atoms with E-state index in [1.807, 2.05) is 0 Å². The number of hydrogen-bond acceptors (Lipinski definition) is 12. The molecule has 12 nitrogen and oxygen atoms in total. The first-order valence-corrected chi connectivity index (χ1v) is 11.2. The second kappa shape index (κ2) is 10.8. The van der Waals surface area contributed by atoms with Gasteiger partial charge < -0.3 is 53.3 Å². The fourth-order valence-electron chi connectivity index (χ4n) is 4.20. The highest BCUT2D eigenvalue weighted by Crippen LogP contribution is 2.44. The number of aliphatic hydroxyl groups is 4. The summed E-state index contributed by atoms with van der Waals surface area (Å²) in [6.45, 7) is -0.647. The SMILES string of the molecule is COc1cccc(-c2cc(=O)c3c(O[C@@H]4OC(CO)[C@@H](O)[C@H](O)C4O)cc(OC)c(OC)c3o2)c1OC. The van der Waals surface area contributed by atoms with Crippen LogP contribution in [-0.4, -0.2) is 86.2 Å². The van der Waals surface area contributed by atoms with Crippen LogP contribution in [-0.2, 0) is 4.74 Å². The monoisotopic (exact) mass is 520 g/mol. The van der Waals surface area contributed by atoms with Crippen LogP contribution in [0.5, 0.6) is 28.7 Å². The number of rotatable bonds is 8. The Morgan fingerprint density at radius 2 is 1.54 bits per heavy atom. The molecular weight excluding hydrogens is 492 g/mol. The maximum atomic E-state index is 13.4. The lowest BCUT2D eigenvalue weighted by Gasteiger charge is -2.39. The number of para-hydroxylation sites is 1. The second-order valence-electron chi connectivity index (χ2n) is 8.15. The van der Waals surface area contributed by atoms with Gasteiger partial charge in [0.05, 0.1) is 40.6 Å². The van der Waals surface area contributed by atoms with Crippen molar-refractivity contribution in [3.63, 3.8) is 0 Å². The molecule has 1 aliphatic rings. The van der Waals surface area contributed by atoms with Crippen LogP contribution in [0.25, 0.3) is 22.3 Å². The zero-order chi connectivity index (χ0) is 26.9. The van der Waals surface area contributed by atoms with E-state index in [0.717, 1.165) is 0 Å². The Kier molecular flexibility index (Phi) is 7.76. The van der Waals surface area contributed by atoms with E-state index in [1.54, 1.807) is 18.2 Å². The molecule has 12 heteroatoms. The minimum absolute atomic E-state index is 0.0335. The minimum atomic E-state index is -1.70. The summed E-state index contributed by atoms with van der Waals surface area (Å²) in [5.41, 5.74) is -0.141. The summed E-state index contributed by atoms with van der Waals surface area (Å²) in [5.74, 6) is 1.01. The number of methoxy groups -OCH3 is 4. The van der Waals surface area contributed by atoms with Gasteiger partial charge in [0, 0.05) is 12.1 Å². The second-order valence-corrected chi connectivity index (χ2v) is 8.15. The van der Waals surface area contributed by atoms with Crippen LogP contribution in [0.3, 0.4) is 0 Å². The number of ether oxygens (including phenoxy) is 6. The van der Waals surface area contributed by atoms with Crippen molar-refractivity contribution >= 4 is 11.0 Å². The Morgan fingerprint density at radius 1 is 0.838 bits per heavy atom. The molecule has 2 unspecified atom stereocenters. The first kappa shape index (κ1) is 26.5. The first-order valence-electron chi connectivity index (χ1n) is 11.2. The quantitative estimate of drug-likeness (QED) is 0.328. The zero-order valence-corrected chi connectivity index (χ0v) is 20.5. The molecule has 4 rings (SSSR count). The lowest BCUT2D eigenvalue weighted by atomic mass is 9.99. The van der Waals surface area contributed by atoms with Crippen molar-refractivity contribution in [3.8, 4) is 40.1 Å². The Balaban J connectivity index is 1.90. The first-order chi connectivity index (χ1) is 17.8. The molecule has 2 heterocycles. The van der Waals surface area contributed by atoms with Gasteiger partial charge in [0.25, 0.3) is 0 Å². The fourth-order valence-corrected chi connectivity index (χ4v) is 4.20. The highest BCUT2D eigenvalue weighted by molar-refractivity contribution is 5.92. The summed E-state index contributed by atoms with van der Waals surface area (Å²) in [7, 11) is 5.67. The summed E-state index contributed by atoms with van der Waals surface area (Å²) < 4.78 is 39.0. The van der Waals surface area contributed by atoms with Gasteiger partial charge in [0.15, 0.2) is 28.3 Å². The maximum Gasteiger partial charge on any atom is 0.229 e. The molecule has 0 amide bonds. The molecule has 2 aromatic carbocycles. The van der Waals surface area contributed by atoms with Gasteiger partial charge in [-0.25, -0.2) is 0 Å². The smallest absolute Gasteiger partial charge is 0.229 e. The molecule has 200 valence electrons. The summed E-state index contributed by atoms with van der Waals surface area (Å²) in [5, 5.41) is 40.0. The third kappa shape index (κ3) is 4.65. The zero-order valence-electron chi connectivity index (χ0n) is 20.5. The molecule has 1 aliphatic heterocycles. The van der Waals surface area contributed by atoms with Gasteiger partial charge in [-0.05, 0) is 12.1 Å². The molecule has 5 atom stereocenters. The van der Waals surface area contributed by atoms with Crippen molar-refractivity contribution < 1.29 is 53.3 Å². The molecule has 3 aromatic rings. The van der Waals surface area contributed by atoms with Gasteiger partial charge in [-0.1, -0.05) is 6.07 Å². The fraction of sp³-hybridized carbons (Fsp3) is 0.400. The third-order valence-corrected chi connectivity index (χ3v) is 6.07. The van der Waals surface area contributed by atoms with Crippen molar-refractivity contribution in [3.05, 3.63) is 40.6 Å². The number of aliphatic hydroxyl groups excluding tert-OH is 4. The topological polar surface area (TPSA) is 167 Å². The molecule has 0 spiro atoms. The lowest BCUT2D eigenvalue weighted by molar-refractivity contribution is -0.277. The molecule has 4 N–H and O–H groups in total. The van der Waals surface area contributed by atoms with E-state index in [2.05, 4.69) is 0 Å². The van der Waals surface area contributed by atoms with Gasteiger partial charge >= 0.3 is 0 Å². The summed E-state index contributed by atoms with van der Waals surface area (Å²) >= 11 is 0. The highest BCUT2D eigenvalue weighted by atomic mass is 16.7. The normalized spacial score (nSPS) is 23.5. The molecule has 37 heavy (non-hydrogen) atoms. The van der Waals surface area contributed by atoms with Gasteiger partial charge in [0.1, 0.15) is 41.3 Å². The standard InChI is InChI=1S/C25H28O12/c1-31-13-7-5-6-11(22(13)33-3)14-8-12(27)18-15(9-16(32-2)23(34-4)24(18)35-14)36-25-21(30)20(29)19(28)17(10-26)37-25/h5-9,17,19-21,25-26,28-30H,10H2,1-4H3/t17?,19-,20+,21?,25-/m1/s1. The summed E-state index contributed by atoms with van der Waals surface area (Å²) in [6, 6.07) is 7.65. The lowest BCUT2D eigenvalue weighted by Crippen LogP contribution is -2.60. The Labute approximate surface area is 211 Å². The Morgan fingerprint density at radius 3 is 2.16 bits per heavy atom. The Bertz CT molecular complexity index is 1320. The van der Waals surface area contributed by atoms with Gasteiger partial charge in [-0.15, -0.1) is 0 Å². The van der Waals surface area contributed by atoms with E-state index >= 15 is 0 Å². The van der Waals surface area contributed by atoms with E-state index < -0.39 is 42.7 Å². The van der Waals surface area contributed by atoms with Crippen LogP contribution in [0.1, 0.15) is 0 Å². The van der Waals surface area contributed by atoms with E-state index in [9.17, 15) is 25.2 Å². The van der Waals surface area contributed by atoms with Crippen LogP contribution >= 0.6 is 0 Å². The minimum Gasteiger partial charge on any atom is -0.493 e. The highest BCUT2D eigenvalue weighted by Gasteiger charge is 2.45. The number of hydrogen-bond donors (Lipinski definition) is 4. The molecule has 0 aliphatic carbocycles. The van der Waals surface area contributed by atoms with Gasteiger partial charge in [0.2, 0.25) is 12.0 Å². The van der Waals surface area contributed by atoms with Crippen LogP contribution in [0.2, 0.25) is 0 Å². The molecular formula is C25H28O12. The van der Waals surface area contributed by atoms with Crippen LogP contribution in [0.15, 0.2) is 39.5 Å². The average Bonchev–Trinajstić information content (AvgIpc) is 2.91. The molecule has 0 radical (unpaired) electrons. The van der Waals surface area contributed by atoms with Crippen LogP contribution in [0.4, 0.5) is 0 Å². The molecule has 1 fully saturated rings. The predicted molar refractivity (Wildman–Crippen MR) is 129 cm³/mol. The van der Waals surface area contributed by atoms with Crippen molar-refractivity contribution in [1.82, 2.24) is 0 Å². The van der Waals surface area contributed by atoms with Crippen LogP contribution < -0.4 is 29.1 Å². The molecule has 0 bridgehead atoms.